The van der Waals surface area contributed by atoms with Gasteiger partial charge in [0.05, 0.1) is 4.70 Å². The van der Waals surface area contributed by atoms with Crippen LogP contribution in [0.5, 0.6) is 0 Å². The first-order valence-corrected chi connectivity index (χ1v) is 6.37. The van der Waals surface area contributed by atoms with Crippen molar-refractivity contribution in [3.63, 3.8) is 0 Å². The standard InChI is InChI=1S/C12H15N3OS/c1-9(16)13-7-4-8-14-12-10-5-2-3-6-11(10)17-15-12/h2-3,5-6H,4,7-8H2,1H3,(H,13,16)(H,14,15). The highest BCUT2D eigenvalue weighted by molar-refractivity contribution is 7.13. The van der Waals surface area contributed by atoms with Crippen molar-refractivity contribution in [3.8, 4) is 0 Å². The summed E-state index contributed by atoms with van der Waals surface area (Å²) in [5.41, 5.74) is 0. The van der Waals surface area contributed by atoms with Gasteiger partial charge in [-0.2, -0.15) is 4.37 Å². The molecule has 1 amide bonds. The van der Waals surface area contributed by atoms with E-state index in [4.69, 9.17) is 0 Å². The summed E-state index contributed by atoms with van der Waals surface area (Å²) in [6.07, 6.45) is 0.894. The van der Waals surface area contributed by atoms with Crippen LogP contribution in [-0.4, -0.2) is 23.4 Å². The molecule has 0 aliphatic heterocycles. The van der Waals surface area contributed by atoms with Crippen molar-refractivity contribution in [3.05, 3.63) is 24.3 Å². The molecule has 1 heterocycles. The van der Waals surface area contributed by atoms with E-state index in [2.05, 4.69) is 27.1 Å². The molecular formula is C12H15N3OS. The number of anilines is 1. The number of fused-ring (bicyclic) bond motifs is 1. The van der Waals surface area contributed by atoms with Gasteiger partial charge in [-0.1, -0.05) is 12.1 Å². The average Bonchev–Trinajstić information content (AvgIpc) is 2.72. The summed E-state index contributed by atoms with van der Waals surface area (Å²) in [6, 6.07) is 8.16. The lowest BCUT2D eigenvalue weighted by Crippen LogP contribution is -2.22. The van der Waals surface area contributed by atoms with Crippen LogP contribution in [0.15, 0.2) is 24.3 Å². The number of carbonyl (C=O) groups is 1. The minimum atomic E-state index is 0.0177. The van der Waals surface area contributed by atoms with E-state index in [0.29, 0.717) is 6.54 Å². The summed E-state index contributed by atoms with van der Waals surface area (Å²) >= 11 is 1.50. The van der Waals surface area contributed by atoms with Crippen LogP contribution in [0.3, 0.4) is 0 Å². The van der Waals surface area contributed by atoms with Crippen LogP contribution in [-0.2, 0) is 4.79 Å². The summed E-state index contributed by atoms with van der Waals surface area (Å²) in [6.45, 7) is 3.04. The van der Waals surface area contributed by atoms with Gasteiger partial charge >= 0.3 is 0 Å². The zero-order valence-corrected chi connectivity index (χ0v) is 10.5. The predicted molar refractivity (Wildman–Crippen MR) is 71.4 cm³/mol. The van der Waals surface area contributed by atoms with Crippen molar-refractivity contribution < 1.29 is 4.79 Å². The third-order valence-corrected chi connectivity index (χ3v) is 3.22. The van der Waals surface area contributed by atoms with Gasteiger partial charge in [0.2, 0.25) is 5.91 Å². The number of rotatable bonds is 5. The highest BCUT2D eigenvalue weighted by Crippen LogP contribution is 2.25. The molecule has 0 unspecified atom stereocenters. The minimum absolute atomic E-state index is 0.0177. The maximum atomic E-state index is 10.7. The molecule has 90 valence electrons. The number of nitrogens with one attached hydrogen (secondary N) is 2. The van der Waals surface area contributed by atoms with Crippen molar-refractivity contribution in [1.29, 1.82) is 0 Å². The Labute approximate surface area is 104 Å². The molecule has 0 saturated carbocycles. The first-order chi connectivity index (χ1) is 8.27. The Balaban J connectivity index is 1.85. The topological polar surface area (TPSA) is 54.0 Å². The van der Waals surface area contributed by atoms with Gasteiger partial charge in [-0.15, -0.1) is 0 Å². The Morgan fingerprint density at radius 3 is 3.00 bits per heavy atom. The molecule has 0 aliphatic carbocycles. The first kappa shape index (κ1) is 11.9. The molecule has 0 atom stereocenters. The fraction of sp³-hybridized carbons (Fsp3) is 0.333. The molecule has 1 aromatic carbocycles. The predicted octanol–water partition coefficient (Wildman–Crippen LogP) is 2.23. The second-order valence-corrected chi connectivity index (χ2v) is 4.60. The van der Waals surface area contributed by atoms with Crippen LogP contribution >= 0.6 is 11.5 Å². The third-order valence-electron chi connectivity index (χ3n) is 2.40. The number of hydrogen-bond acceptors (Lipinski definition) is 4. The fourth-order valence-electron chi connectivity index (χ4n) is 1.57. The zero-order chi connectivity index (χ0) is 12.1. The van der Waals surface area contributed by atoms with Gasteiger partial charge in [0.15, 0.2) is 0 Å². The first-order valence-electron chi connectivity index (χ1n) is 5.60. The largest absolute Gasteiger partial charge is 0.369 e. The van der Waals surface area contributed by atoms with E-state index in [1.165, 1.54) is 23.2 Å². The molecule has 0 fully saturated rings. The lowest BCUT2D eigenvalue weighted by atomic mass is 10.2. The van der Waals surface area contributed by atoms with E-state index in [-0.39, 0.29) is 5.91 Å². The van der Waals surface area contributed by atoms with Gasteiger partial charge in [-0.05, 0) is 30.1 Å². The molecule has 2 N–H and O–H groups in total. The molecule has 1 aromatic heterocycles. The van der Waals surface area contributed by atoms with Crippen LogP contribution in [0.25, 0.3) is 10.1 Å². The van der Waals surface area contributed by atoms with Gasteiger partial charge in [-0.3, -0.25) is 4.79 Å². The third kappa shape index (κ3) is 3.17. The summed E-state index contributed by atoms with van der Waals surface area (Å²) in [5, 5.41) is 7.22. The molecule has 0 radical (unpaired) electrons. The minimum Gasteiger partial charge on any atom is -0.369 e. The SMILES string of the molecule is CC(=O)NCCCNc1nsc2ccccc12. The van der Waals surface area contributed by atoms with Gasteiger partial charge in [0.1, 0.15) is 5.82 Å². The Kier molecular flexibility index (Phi) is 3.93. The van der Waals surface area contributed by atoms with Crippen molar-refractivity contribution >= 4 is 33.3 Å². The lowest BCUT2D eigenvalue weighted by Gasteiger charge is -2.04. The van der Waals surface area contributed by atoms with E-state index in [0.717, 1.165) is 24.2 Å². The fourth-order valence-corrected chi connectivity index (χ4v) is 2.33. The maximum absolute atomic E-state index is 10.7. The summed E-state index contributed by atoms with van der Waals surface area (Å²) < 4.78 is 5.56. The normalized spacial score (nSPS) is 10.4. The number of benzene rings is 1. The van der Waals surface area contributed by atoms with E-state index < -0.39 is 0 Å². The molecule has 2 rings (SSSR count). The molecular weight excluding hydrogens is 234 g/mol. The van der Waals surface area contributed by atoms with Crippen LogP contribution in [0.1, 0.15) is 13.3 Å². The molecule has 5 heteroatoms. The molecule has 0 bridgehead atoms. The van der Waals surface area contributed by atoms with Crippen LogP contribution in [0.4, 0.5) is 5.82 Å². The summed E-state index contributed by atoms with van der Waals surface area (Å²) in [4.78, 5) is 10.7. The van der Waals surface area contributed by atoms with E-state index >= 15 is 0 Å². The van der Waals surface area contributed by atoms with Gasteiger partial charge in [0, 0.05) is 25.4 Å². The van der Waals surface area contributed by atoms with Crippen molar-refractivity contribution in [2.75, 3.05) is 18.4 Å². The summed E-state index contributed by atoms with van der Waals surface area (Å²) in [7, 11) is 0. The molecule has 2 aromatic rings. The maximum Gasteiger partial charge on any atom is 0.216 e. The van der Waals surface area contributed by atoms with E-state index in [9.17, 15) is 4.79 Å². The Morgan fingerprint density at radius 1 is 1.35 bits per heavy atom. The number of hydrogen-bond donors (Lipinski definition) is 2. The van der Waals surface area contributed by atoms with Crippen molar-refractivity contribution in [2.24, 2.45) is 0 Å². The Morgan fingerprint density at radius 2 is 2.18 bits per heavy atom. The Bertz CT molecular complexity index is 509. The quantitative estimate of drug-likeness (QED) is 0.799. The van der Waals surface area contributed by atoms with Crippen LogP contribution < -0.4 is 10.6 Å². The molecule has 0 aliphatic rings. The number of nitrogens with zero attached hydrogens (tertiary/aromatic N) is 1. The van der Waals surface area contributed by atoms with E-state index in [1.807, 2.05) is 12.1 Å². The van der Waals surface area contributed by atoms with Crippen molar-refractivity contribution in [1.82, 2.24) is 9.69 Å². The Hall–Kier alpha value is -1.62. The second-order valence-electron chi connectivity index (χ2n) is 3.79. The monoisotopic (exact) mass is 249 g/mol. The molecule has 0 spiro atoms. The summed E-state index contributed by atoms with van der Waals surface area (Å²) in [5.74, 6) is 0.956. The number of carbonyl (C=O) groups excluding carboxylic acids is 1. The highest BCUT2D eigenvalue weighted by Gasteiger charge is 2.03. The van der Waals surface area contributed by atoms with Crippen LogP contribution in [0.2, 0.25) is 0 Å². The van der Waals surface area contributed by atoms with Gasteiger partial charge < -0.3 is 10.6 Å². The highest BCUT2D eigenvalue weighted by atomic mass is 32.1. The molecule has 0 saturated heterocycles. The van der Waals surface area contributed by atoms with Gasteiger partial charge in [0.25, 0.3) is 0 Å². The number of amides is 1. The zero-order valence-electron chi connectivity index (χ0n) is 9.69. The van der Waals surface area contributed by atoms with E-state index in [1.54, 1.807) is 0 Å². The van der Waals surface area contributed by atoms with Crippen molar-refractivity contribution in [2.45, 2.75) is 13.3 Å². The van der Waals surface area contributed by atoms with Gasteiger partial charge in [-0.25, -0.2) is 0 Å². The second kappa shape index (κ2) is 5.63. The van der Waals surface area contributed by atoms with Crippen LogP contribution in [0, 0.1) is 0 Å². The molecule has 4 nitrogen and oxygen atoms in total. The molecule has 17 heavy (non-hydrogen) atoms. The lowest BCUT2D eigenvalue weighted by molar-refractivity contribution is -0.118. The average molecular weight is 249 g/mol. The number of aromatic nitrogens is 1. The smallest absolute Gasteiger partial charge is 0.216 e.